The Morgan fingerprint density at radius 3 is 1.61 bits per heavy atom. The Balaban J connectivity index is 2.93. The fourth-order valence-corrected chi connectivity index (χ4v) is 2.36. The van der Waals surface area contributed by atoms with Crippen LogP contribution in [0.4, 0.5) is 0 Å². The maximum absolute atomic E-state index is 6.74. The van der Waals surface area contributed by atoms with Gasteiger partial charge in [0.15, 0.2) is 1.41 Å². The van der Waals surface area contributed by atoms with E-state index in [1.807, 2.05) is 6.08 Å². The van der Waals surface area contributed by atoms with Gasteiger partial charge in [0, 0.05) is 0 Å². The van der Waals surface area contributed by atoms with E-state index in [1.165, 1.54) is 83.5 Å². The Morgan fingerprint density at radius 2 is 1.17 bits per heavy atom. The molecule has 0 aliphatic carbocycles. The van der Waals surface area contributed by atoms with Gasteiger partial charge in [-0.15, -0.1) is 0 Å². The van der Waals surface area contributed by atoms with Crippen LogP contribution in [-0.2, 0) is 0 Å². The third-order valence-electron chi connectivity index (χ3n) is 3.59. The monoisotopic (exact) mass is 254 g/mol. The summed E-state index contributed by atoms with van der Waals surface area (Å²) in [5.74, 6) is 0. The van der Waals surface area contributed by atoms with Crippen LogP contribution < -0.4 is 5.73 Å². The number of allylic oxidation sites excluding steroid dienone is 1. The lowest BCUT2D eigenvalue weighted by Gasteiger charge is -2.02. The molecule has 0 rings (SSSR count). The first-order chi connectivity index (χ1) is 9.41. The Kier molecular flexibility index (Phi) is 14.3. The SMILES string of the molecule is [2H]NC=CCCCCCCCCCCCCCCC. The molecule has 0 saturated carbocycles. The lowest BCUT2D eigenvalue weighted by Crippen LogP contribution is -1.83. The molecule has 0 saturated heterocycles. The molecule has 0 aromatic carbocycles. The lowest BCUT2D eigenvalue weighted by atomic mass is 10.0. The van der Waals surface area contributed by atoms with Crippen LogP contribution in [0.5, 0.6) is 0 Å². The summed E-state index contributed by atoms with van der Waals surface area (Å²) < 4.78 is 6.74. The van der Waals surface area contributed by atoms with Crippen LogP contribution in [0.2, 0.25) is 1.41 Å². The number of hydrogen-bond acceptors (Lipinski definition) is 1. The zero-order valence-electron chi connectivity index (χ0n) is 13.6. The third-order valence-corrected chi connectivity index (χ3v) is 3.59. The molecule has 0 fully saturated rings. The second kappa shape index (κ2) is 16.5. The van der Waals surface area contributed by atoms with Gasteiger partial charge in [0.1, 0.15) is 0 Å². The summed E-state index contributed by atoms with van der Waals surface area (Å²) in [5.41, 5.74) is 2.28. The average molecular weight is 254 g/mol. The van der Waals surface area contributed by atoms with Crippen molar-refractivity contribution in [2.45, 2.75) is 96.8 Å². The van der Waals surface area contributed by atoms with E-state index in [1.54, 1.807) is 6.20 Å². The Morgan fingerprint density at radius 1 is 0.722 bits per heavy atom. The molecule has 0 atom stereocenters. The van der Waals surface area contributed by atoms with Crippen molar-refractivity contribution in [1.29, 1.82) is 0 Å². The van der Waals surface area contributed by atoms with E-state index in [9.17, 15) is 0 Å². The summed E-state index contributed by atoms with van der Waals surface area (Å²) in [6, 6.07) is 0. The highest BCUT2D eigenvalue weighted by Gasteiger charge is 1.93. The van der Waals surface area contributed by atoms with Crippen LogP contribution >= 0.6 is 0 Å². The van der Waals surface area contributed by atoms with Gasteiger partial charge in [0.2, 0.25) is 0 Å². The van der Waals surface area contributed by atoms with Crippen LogP contribution in [0.15, 0.2) is 12.3 Å². The first-order valence-corrected chi connectivity index (χ1v) is 8.24. The minimum absolute atomic E-state index is 1.11. The summed E-state index contributed by atoms with van der Waals surface area (Å²) in [6.45, 7) is 2.28. The molecule has 0 spiro atoms. The van der Waals surface area contributed by atoms with E-state index in [-0.39, 0.29) is 0 Å². The van der Waals surface area contributed by atoms with Gasteiger partial charge in [-0.3, -0.25) is 0 Å². The zero-order chi connectivity index (χ0) is 14.0. The molecule has 0 radical (unpaired) electrons. The Bertz CT molecular complexity index is 180. The molecule has 2 N–H and O–H groups in total. The highest BCUT2D eigenvalue weighted by Crippen LogP contribution is 2.12. The highest BCUT2D eigenvalue weighted by atomic mass is 14.5. The van der Waals surface area contributed by atoms with Crippen LogP contribution in [0, 0.1) is 0 Å². The minimum Gasteiger partial charge on any atom is -0.405 e. The van der Waals surface area contributed by atoms with Crippen molar-refractivity contribution < 1.29 is 1.41 Å². The minimum atomic E-state index is 1.11. The van der Waals surface area contributed by atoms with Gasteiger partial charge in [0.05, 0.1) is 0 Å². The van der Waals surface area contributed by atoms with Crippen molar-refractivity contribution in [3.63, 3.8) is 0 Å². The predicted molar refractivity (Wildman–Crippen MR) is 83.6 cm³/mol. The van der Waals surface area contributed by atoms with Crippen molar-refractivity contribution >= 4 is 0 Å². The summed E-state index contributed by atoms with van der Waals surface area (Å²) in [4.78, 5) is 0. The van der Waals surface area contributed by atoms with Crippen molar-refractivity contribution in [1.82, 2.24) is 0 Å². The first kappa shape index (κ1) is 15.6. The van der Waals surface area contributed by atoms with Gasteiger partial charge < -0.3 is 5.73 Å². The fraction of sp³-hybridized carbons (Fsp3) is 0.882. The van der Waals surface area contributed by atoms with Crippen molar-refractivity contribution in [3.05, 3.63) is 12.3 Å². The van der Waals surface area contributed by atoms with Gasteiger partial charge in [-0.2, -0.15) is 0 Å². The van der Waals surface area contributed by atoms with Crippen molar-refractivity contribution in [3.8, 4) is 0 Å². The molecule has 0 aromatic heterocycles. The molecule has 0 unspecified atom stereocenters. The fourth-order valence-electron chi connectivity index (χ4n) is 2.36. The molecule has 0 aliphatic heterocycles. The Labute approximate surface area is 117 Å². The zero-order valence-corrected chi connectivity index (χ0v) is 12.6. The molecule has 0 heterocycles. The maximum atomic E-state index is 6.74. The smallest absolute Gasteiger partial charge is 0.156 e. The molecule has 108 valence electrons. The molecular formula is C17H35N. The summed E-state index contributed by atoms with van der Waals surface area (Å²) in [7, 11) is 0. The number of hydrogen-bond donors (Lipinski definition) is 1. The van der Waals surface area contributed by atoms with Crippen LogP contribution in [0.3, 0.4) is 0 Å². The Hall–Kier alpha value is -0.460. The normalized spacial score (nSPS) is 11.9. The van der Waals surface area contributed by atoms with E-state index < -0.39 is 0 Å². The highest BCUT2D eigenvalue weighted by molar-refractivity contribution is 4.74. The topological polar surface area (TPSA) is 26.0 Å². The summed E-state index contributed by atoms with van der Waals surface area (Å²) in [6.07, 6.45) is 23.2. The van der Waals surface area contributed by atoms with E-state index in [4.69, 9.17) is 1.41 Å². The van der Waals surface area contributed by atoms with Gasteiger partial charge in [-0.25, -0.2) is 0 Å². The van der Waals surface area contributed by atoms with Gasteiger partial charge in [0.25, 0.3) is 0 Å². The second-order valence-electron chi connectivity index (χ2n) is 5.43. The van der Waals surface area contributed by atoms with Crippen LogP contribution in [-0.4, -0.2) is 0 Å². The van der Waals surface area contributed by atoms with E-state index in [2.05, 4.69) is 12.7 Å². The summed E-state index contributed by atoms with van der Waals surface area (Å²) in [5, 5.41) is 0. The summed E-state index contributed by atoms with van der Waals surface area (Å²) >= 11 is 0. The molecule has 0 amide bonds. The number of rotatable bonds is 15. The average Bonchev–Trinajstić information content (AvgIpc) is 2.43. The largest absolute Gasteiger partial charge is 0.405 e. The molecule has 1 nitrogen and oxygen atoms in total. The van der Waals surface area contributed by atoms with Crippen LogP contribution in [0.1, 0.15) is 96.8 Å². The molecular weight excluding hydrogens is 218 g/mol. The lowest BCUT2D eigenvalue weighted by molar-refractivity contribution is 0.540. The molecule has 0 bridgehead atoms. The molecule has 1 heteroatoms. The van der Waals surface area contributed by atoms with Gasteiger partial charge in [-0.05, 0) is 19.0 Å². The predicted octanol–water partition coefficient (Wildman–Crippen LogP) is 5.94. The standard InChI is InChI=1S/C17H35N/c1-2-3-4-5-6-7-8-9-10-11-12-13-14-15-16-17-18/h16-17H,2-15,18H2,1H3/i/hD. The van der Waals surface area contributed by atoms with Crippen LogP contribution in [0.25, 0.3) is 0 Å². The van der Waals surface area contributed by atoms with Gasteiger partial charge in [-0.1, -0.05) is 90.0 Å². The molecule has 0 aromatic rings. The van der Waals surface area contributed by atoms with Crippen molar-refractivity contribution in [2.75, 3.05) is 0 Å². The van der Waals surface area contributed by atoms with Crippen molar-refractivity contribution in [2.24, 2.45) is 5.73 Å². The van der Waals surface area contributed by atoms with Gasteiger partial charge >= 0.3 is 0 Å². The third kappa shape index (κ3) is 15.5. The van der Waals surface area contributed by atoms with E-state index >= 15 is 0 Å². The maximum Gasteiger partial charge on any atom is 0.156 e. The van der Waals surface area contributed by atoms with E-state index in [0.29, 0.717) is 0 Å². The quantitative estimate of drug-likeness (QED) is 0.360. The second-order valence-corrected chi connectivity index (χ2v) is 5.43. The number of unbranched alkanes of at least 4 members (excludes halogenated alkanes) is 13. The first-order valence-electron chi connectivity index (χ1n) is 8.74. The number of nitrogens with two attached hydrogens (primary N) is 1. The molecule has 0 aliphatic rings. The molecule has 18 heavy (non-hydrogen) atoms. The van der Waals surface area contributed by atoms with E-state index in [0.717, 1.165) is 6.42 Å².